The first-order valence-corrected chi connectivity index (χ1v) is 19.8. The van der Waals surface area contributed by atoms with Gasteiger partial charge in [-0.3, -0.25) is 4.57 Å². The van der Waals surface area contributed by atoms with Crippen molar-refractivity contribution in [1.29, 1.82) is 0 Å². The molecule has 0 radical (unpaired) electrons. The summed E-state index contributed by atoms with van der Waals surface area (Å²) in [5, 5.41) is 7.52. The van der Waals surface area contributed by atoms with Crippen molar-refractivity contribution < 1.29 is 4.74 Å². The van der Waals surface area contributed by atoms with Crippen LogP contribution < -0.4 is 4.74 Å². The van der Waals surface area contributed by atoms with E-state index in [1.807, 2.05) is 6.20 Å². The van der Waals surface area contributed by atoms with Crippen LogP contribution in [0, 0.1) is 32.1 Å². The first kappa shape index (κ1) is 37.2. The van der Waals surface area contributed by atoms with Crippen LogP contribution in [0.15, 0.2) is 103 Å². The molecule has 0 aliphatic heterocycles. The van der Waals surface area contributed by atoms with Crippen LogP contribution in [0.4, 0.5) is 0 Å². The zero-order valence-electron chi connectivity index (χ0n) is 33.7. The van der Waals surface area contributed by atoms with E-state index < -0.39 is 0 Å². The van der Waals surface area contributed by atoms with Crippen molar-refractivity contribution >= 4 is 21.8 Å². The van der Waals surface area contributed by atoms with Gasteiger partial charge >= 0.3 is 0 Å². The van der Waals surface area contributed by atoms with Crippen LogP contribution in [0.1, 0.15) is 101 Å². The van der Waals surface area contributed by atoms with E-state index >= 15 is 0 Å². The minimum atomic E-state index is 0.212. The molecule has 5 nitrogen and oxygen atoms in total. The third kappa shape index (κ3) is 8.01. The van der Waals surface area contributed by atoms with Crippen molar-refractivity contribution in [3.8, 4) is 34.1 Å². The van der Waals surface area contributed by atoms with Crippen molar-refractivity contribution in [2.75, 3.05) is 0 Å². The highest BCUT2D eigenvalue weighted by Gasteiger charge is 2.19. The molecule has 3 aromatic heterocycles. The predicted molar refractivity (Wildman–Crippen MR) is 227 cm³/mol. The summed E-state index contributed by atoms with van der Waals surface area (Å²) in [7, 11) is 0. The molecule has 0 saturated heterocycles. The fourth-order valence-corrected chi connectivity index (χ4v) is 7.82. The van der Waals surface area contributed by atoms with Crippen molar-refractivity contribution in [3.05, 3.63) is 131 Å². The number of rotatable bonds is 12. The third-order valence-electron chi connectivity index (χ3n) is 10.8. The second-order valence-corrected chi connectivity index (χ2v) is 17.0. The summed E-state index contributed by atoms with van der Waals surface area (Å²) in [5.41, 5.74) is 11.7. The van der Waals surface area contributed by atoms with E-state index in [0.29, 0.717) is 5.92 Å². The molecule has 5 heteroatoms. The van der Waals surface area contributed by atoms with Gasteiger partial charge in [0.05, 0.1) is 22.4 Å². The summed E-state index contributed by atoms with van der Waals surface area (Å²) in [6.45, 7) is 20.3. The number of fused-ring (bicyclic) bond motifs is 3. The standard InChI is InChI=1S/C49H56N4O/c1-32(2)14-13-15-34(4)39-18-21-45-44(29-39)43-20-19-41(31-46(43)52(45)47-26-33(3)23-25-50-47)54-42-28-37(22-24-49(7,8)9)27-40(30-42)53-36(6)48(35(5)51-53)38-16-11-10-12-17-38/h10-12,16-21,23,25-32,34H,13-15,22,24H2,1-9H3. The van der Waals surface area contributed by atoms with Gasteiger partial charge < -0.3 is 4.74 Å². The Morgan fingerprint density at radius 3 is 2.28 bits per heavy atom. The molecule has 4 aromatic carbocycles. The maximum absolute atomic E-state index is 6.84. The van der Waals surface area contributed by atoms with Gasteiger partial charge in [-0.15, -0.1) is 0 Å². The van der Waals surface area contributed by atoms with E-state index in [4.69, 9.17) is 14.8 Å². The molecule has 7 rings (SSSR count). The van der Waals surface area contributed by atoms with Crippen LogP contribution in [-0.4, -0.2) is 19.3 Å². The van der Waals surface area contributed by atoms with Crippen LogP contribution in [0.25, 0.3) is 44.4 Å². The molecule has 1 unspecified atom stereocenters. The maximum Gasteiger partial charge on any atom is 0.137 e. The fourth-order valence-electron chi connectivity index (χ4n) is 7.82. The summed E-state index contributed by atoms with van der Waals surface area (Å²) < 4.78 is 11.2. The molecule has 0 bridgehead atoms. The van der Waals surface area contributed by atoms with Crippen LogP contribution in [0.5, 0.6) is 11.5 Å². The Kier molecular flexibility index (Phi) is 10.5. The monoisotopic (exact) mass is 716 g/mol. The second-order valence-electron chi connectivity index (χ2n) is 17.0. The number of benzene rings is 4. The Morgan fingerprint density at radius 1 is 0.741 bits per heavy atom. The van der Waals surface area contributed by atoms with Crippen molar-refractivity contribution in [1.82, 2.24) is 19.3 Å². The summed E-state index contributed by atoms with van der Waals surface area (Å²) in [6.07, 6.45) is 7.63. The molecular weight excluding hydrogens is 661 g/mol. The Labute approximate surface area is 322 Å². The number of aromatic nitrogens is 4. The molecule has 0 spiro atoms. The van der Waals surface area contributed by atoms with Gasteiger partial charge in [-0.05, 0) is 128 Å². The van der Waals surface area contributed by atoms with Crippen LogP contribution in [0.2, 0.25) is 0 Å². The topological polar surface area (TPSA) is 44.9 Å². The van der Waals surface area contributed by atoms with Crippen LogP contribution >= 0.6 is 0 Å². The molecule has 0 aliphatic rings. The number of hydrogen-bond acceptors (Lipinski definition) is 3. The normalized spacial score (nSPS) is 12.6. The van der Waals surface area contributed by atoms with Gasteiger partial charge in [0.25, 0.3) is 0 Å². The van der Waals surface area contributed by atoms with Gasteiger partial charge in [0, 0.05) is 40.4 Å². The van der Waals surface area contributed by atoms with E-state index in [0.717, 1.165) is 64.2 Å². The first-order valence-electron chi connectivity index (χ1n) is 19.8. The van der Waals surface area contributed by atoms with Crippen LogP contribution in [0.3, 0.4) is 0 Å². The lowest BCUT2D eigenvalue weighted by molar-refractivity contribution is 0.378. The Balaban J connectivity index is 1.31. The summed E-state index contributed by atoms with van der Waals surface area (Å²) in [6, 6.07) is 34.9. The van der Waals surface area contributed by atoms with Gasteiger partial charge in [0.15, 0.2) is 0 Å². The first-order chi connectivity index (χ1) is 25.8. The zero-order valence-corrected chi connectivity index (χ0v) is 33.7. The lowest BCUT2D eigenvalue weighted by Gasteiger charge is -2.19. The van der Waals surface area contributed by atoms with Crippen molar-refractivity contribution in [3.63, 3.8) is 0 Å². The smallest absolute Gasteiger partial charge is 0.137 e. The Bertz CT molecular complexity index is 2410. The van der Waals surface area contributed by atoms with Crippen molar-refractivity contribution in [2.24, 2.45) is 11.3 Å². The van der Waals surface area contributed by atoms with Crippen LogP contribution in [-0.2, 0) is 6.42 Å². The highest BCUT2D eigenvalue weighted by atomic mass is 16.5. The largest absolute Gasteiger partial charge is 0.457 e. The summed E-state index contributed by atoms with van der Waals surface area (Å²) in [4.78, 5) is 4.86. The molecule has 0 N–H and O–H groups in total. The number of pyridine rings is 1. The highest BCUT2D eigenvalue weighted by Crippen LogP contribution is 2.38. The molecule has 1 atom stereocenters. The zero-order chi connectivity index (χ0) is 38.1. The molecule has 0 saturated carbocycles. The van der Waals surface area contributed by atoms with E-state index in [-0.39, 0.29) is 5.41 Å². The van der Waals surface area contributed by atoms with E-state index in [1.165, 1.54) is 57.9 Å². The quantitative estimate of drug-likeness (QED) is 0.126. The molecule has 278 valence electrons. The lowest BCUT2D eigenvalue weighted by atomic mass is 9.88. The van der Waals surface area contributed by atoms with Gasteiger partial charge in [0.2, 0.25) is 0 Å². The van der Waals surface area contributed by atoms with Gasteiger partial charge in [0.1, 0.15) is 17.3 Å². The summed E-state index contributed by atoms with van der Waals surface area (Å²) in [5.74, 6) is 3.74. The van der Waals surface area contributed by atoms with Gasteiger partial charge in [-0.1, -0.05) is 90.8 Å². The van der Waals surface area contributed by atoms with Gasteiger partial charge in [-0.25, -0.2) is 9.67 Å². The fraction of sp³-hybridized carbons (Fsp3) is 0.347. The Morgan fingerprint density at radius 2 is 1.54 bits per heavy atom. The third-order valence-corrected chi connectivity index (χ3v) is 10.8. The second kappa shape index (κ2) is 15.3. The van der Waals surface area contributed by atoms with E-state index in [1.54, 1.807) is 0 Å². The number of nitrogens with zero attached hydrogens (tertiary/aromatic N) is 4. The lowest BCUT2D eigenvalue weighted by Crippen LogP contribution is -2.07. The molecule has 0 amide bonds. The minimum absolute atomic E-state index is 0.212. The molecule has 3 heterocycles. The summed E-state index contributed by atoms with van der Waals surface area (Å²) >= 11 is 0. The van der Waals surface area contributed by atoms with E-state index in [2.05, 4.69) is 169 Å². The maximum atomic E-state index is 6.84. The molecule has 54 heavy (non-hydrogen) atoms. The highest BCUT2D eigenvalue weighted by molar-refractivity contribution is 6.09. The average molecular weight is 717 g/mol. The molecule has 0 aliphatic carbocycles. The molecular formula is C49H56N4O. The van der Waals surface area contributed by atoms with E-state index in [9.17, 15) is 0 Å². The SMILES string of the molecule is Cc1ccnc(-n2c3ccc(C(C)CCCC(C)C)cc3c3ccc(Oc4cc(CCC(C)(C)C)cc(-n5nc(C)c(-c6ccccc6)c5C)c4)cc32)c1. The average Bonchev–Trinajstić information content (AvgIpc) is 3.62. The predicted octanol–water partition coefficient (Wildman–Crippen LogP) is 13.7. The number of ether oxygens (including phenoxy) is 1. The number of aryl methyl sites for hydroxylation is 3. The Hall–Kier alpha value is -5.16. The number of hydrogen-bond donors (Lipinski definition) is 0. The van der Waals surface area contributed by atoms with Gasteiger partial charge in [-0.2, -0.15) is 5.10 Å². The minimum Gasteiger partial charge on any atom is -0.457 e. The van der Waals surface area contributed by atoms with Crippen molar-refractivity contribution in [2.45, 2.75) is 100 Å². The molecule has 0 fully saturated rings. The molecule has 7 aromatic rings.